The summed E-state index contributed by atoms with van der Waals surface area (Å²) in [6.07, 6.45) is 6.40. The van der Waals surface area contributed by atoms with E-state index in [1.54, 1.807) is 0 Å². The van der Waals surface area contributed by atoms with Gasteiger partial charge in [0.05, 0.1) is 0 Å². The zero-order valence-electron chi connectivity index (χ0n) is 8.14. The van der Waals surface area contributed by atoms with Crippen LogP contribution in [0.25, 0.3) is 0 Å². The Morgan fingerprint density at radius 3 is 2.50 bits per heavy atom. The highest BCUT2D eigenvalue weighted by molar-refractivity contribution is 5.20. The molecule has 2 aromatic rings. The lowest BCUT2D eigenvalue weighted by molar-refractivity contribution is 1.05. The van der Waals surface area contributed by atoms with Crippen molar-refractivity contribution in [2.24, 2.45) is 0 Å². The maximum absolute atomic E-state index is 4.35. The summed E-state index contributed by atoms with van der Waals surface area (Å²) in [5.74, 6) is 0. The van der Waals surface area contributed by atoms with Crippen molar-refractivity contribution in [2.45, 2.75) is 13.3 Å². The summed E-state index contributed by atoms with van der Waals surface area (Å²) in [4.78, 5) is 8.33. The van der Waals surface area contributed by atoms with E-state index in [0.29, 0.717) is 0 Å². The fourth-order valence-corrected chi connectivity index (χ4v) is 1.31. The molecule has 0 aliphatic rings. The maximum Gasteiger partial charge on any atom is 0.0447 e. The average Bonchev–Trinajstić information content (AvgIpc) is 2.23. The molecule has 0 N–H and O–H groups in total. The van der Waals surface area contributed by atoms with Gasteiger partial charge in [0.25, 0.3) is 0 Å². The lowest BCUT2D eigenvalue weighted by Gasteiger charge is -2.00. The second-order valence-corrected chi connectivity index (χ2v) is 3.36. The summed E-state index contributed by atoms with van der Waals surface area (Å²) in [5, 5.41) is 0. The van der Waals surface area contributed by atoms with Crippen LogP contribution in [-0.2, 0) is 6.42 Å². The first-order chi connectivity index (χ1) is 6.84. The van der Waals surface area contributed by atoms with E-state index < -0.39 is 0 Å². The molecule has 2 rings (SSSR count). The molecular weight excluding hydrogens is 172 g/mol. The van der Waals surface area contributed by atoms with Crippen LogP contribution in [0, 0.1) is 6.92 Å². The van der Waals surface area contributed by atoms with E-state index in [1.165, 1.54) is 11.1 Å². The topological polar surface area (TPSA) is 25.8 Å². The van der Waals surface area contributed by atoms with E-state index >= 15 is 0 Å². The highest BCUT2D eigenvalue weighted by Crippen LogP contribution is 2.06. The van der Waals surface area contributed by atoms with Crippen LogP contribution in [-0.4, -0.2) is 9.97 Å². The maximum atomic E-state index is 4.35. The van der Waals surface area contributed by atoms with Crippen LogP contribution < -0.4 is 0 Å². The first-order valence-electron chi connectivity index (χ1n) is 4.65. The molecule has 0 saturated heterocycles. The molecule has 0 spiro atoms. The molecule has 14 heavy (non-hydrogen) atoms. The zero-order valence-corrected chi connectivity index (χ0v) is 8.14. The smallest absolute Gasteiger partial charge is 0.0447 e. The van der Waals surface area contributed by atoms with Crippen LogP contribution >= 0.6 is 0 Å². The average molecular weight is 184 g/mol. The van der Waals surface area contributed by atoms with Gasteiger partial charge in [-0.25, -0.2) is 0 Å². The predicted molar refractivity (Wildman–Crippen MR) is 56.0 cm³/mol. The third-order valence-electron chi connectivity index (χ3n) is 2.11. The molecule has 2 heterocycles. The van der Waals surface area contributed by atoms with Gasteiger partial charge >= 0.3 is 0 Å². The molecule has 0 amide bonds. The molecule has 0 unspecified atom stereocenters. The molecule has 0 aromatic carbocycles. The number of hydrogen-bond acceptors (Lipinski definition) is 2. The van der Waals surface area contributed by atoms with Gasteiger partial charge in [-0.3, -0.25) is 9.97 Å². The second kappa shape index (κ2) is 4.01. The molecule has 0 bridgehead atoms. The van der Waals surface area contributed by atoms with Crippen molar-refractivity contribution in [1.82, 2.24) is 9.97 Å². The van der Waals surface area contributed by atoms with Crippen molar-refractivity contribution in [3.63, 3.8) is 0 Å². The zero-order chi connectivity index (χ0) is 9.80. The molecule has 0 radical (unpaired) electrons. The fourth-order valence-electron chi connectivity index (χ4n) is 1.31. The van der Waals surface area contributed by atoms with Gasteiger partial charge in [-0.15, -0.1) is 0 Å². The Bertz CT molecular complexity index is 392. The van der Waals surface area contributed by atoms with Gasteiger partial charge in [0.15, 0.2) is 0 Å². The molecule has 0 aliphatic heterocycles. The second-order valence-electron chi connectivity index (χ2n) is 3.36. The van der Waals surface area contributed by atoms with Crippen LogP contribution in [0.2, 0.25) is 0 Å². The van der Waals surface area contributed by atoms with E-state index in [2.05, 4.69) is 22.1 Å². The molecule has 0 atom stereocenters. The summed E-state index contributed by atoms with van der Waals surface area (Å²) < 4.78 is 0. The lowest BCUT2D eigenvalue weighted by atomic mass is 10.1. The van der Waals surface area contributed by atoms with E-state index in [1.807, 2.05) is 37.6 Å². The molecule has 70 valence electrons. The van der Waals surface area contributed by atoms with Crippen molar-refractivity contribution in [3.8, 4) is 0 Å². The first-order valence-corrected chi connectivity index (χ1v) is 4.65. The Balaban J connectivity index is 2.16. The van der Waals surface area contributed by atoms with Gasteiger partial charge in [-0.2, -0.15) is 0 Å². The minimum absolute atomic E-state index is 0.878. The standard InChI is InChI=1S/C12H12N2/c1-10-2-3-12(14-9-10)8-11-4-6-13-7-5-11/h2-7,9H,8H2,1H3. The van der Waals surface area contributed by atoms with Crippen LogP contribution in [0.3, 0.4) is 0 Å². The summed E-state index contributed by atoms with van der Waals surface area (Å²) in [5.41, 5.74) is 3.54. The Hall–Kier alpha value is -1.70. The van der Waals surface area contributed by atoms with Gasteiger partial charge in [0, 0.05) is 30.7 Å². The van der Waals surface area contributed by atoms with E-state index in [9.17, 15) is 0 Å². The third-order valence-corrected chi connectivity index (χ3v) is 2.11. The number of nitrogens with zero attached hydrogens (tertiary/aromatic N) is 2. The van der Waals surface area contributed by atoms with Crippen LogP contribution in [0.15, 0.2) is 42.9 Å². The van der Waals surface area contributed by atoms with Crippen molar-refractivity contribution in [1.29, 1.82) is 0 Å². The van der Waals surface area contributed by atoms with E-state index in [-0.39, 0.29) is 0 Å². The summed E-state index contributed by atoms with van der Waals surface area (Å²) in [6.45, 7) is 2.04. The molecule has 2 aromatic heterocycles. The highest BCUT2D eigenvalue weighted by Gasteiger charge is 1.96. The van der Waals surface area contributed by atoms with Crippen molar-refractivity contribution >= 4 is 0 Å². The van der Waals surface area contributed by atoms with Gasteiger partial charge in [0.2, 0.25) is 0 Å². The minimum Gasteiger partial charge on any atom is -0.265 e. The van der Waals surface area contributed by atoms with Gasteiger partial charge in [-0.05, 0) is 36.2 Å². The molecule has 0 saturated carbocycles. The van der Waals surface area contributed by atoms with Crippen LogP contribution in [0.5, 0.6) is 0 Å². The number of aryl methyl sites for hydroxylation is 1. The largest absolute Gasteiger partial charge is 0.265 e. The van der Waals surface area contributed by atoms with Crippen LogP contribution in [0.4, 0.5) is 0 Å². The number of rotatable bonds is 2. The van der Waals surface area contributed by atoms with Crippen molar-refractivity contribution < 1.29 is 0 Å². The third kappa shape index (κ3) is 2.16. The Kier molecular flexibility index (Phi) is 2.54. The fraction of sp³-hybridized carbons (Fsp3) is 0.167. The van der Waals surface area contributed by atoms with Gasteiger partial charge in [0.1, 0.15) is 0 Å². The summed E-state index contributed by atoms with van der Waals surface area (Å²) in [6, 6.07) is 8.18. The van der Waals surface area contributed by atoms with Crippen molar-refractivity contribution in [3.05, 3.63) is 59.7 Å². The monoisotopic (exact) mass is 184 g/mol. The SMILES string of the molecule is Cc1ccc(Cc2ccncc2)nc1. The quantitative estimate of drug-likeness (QED) is 0.716. The molecule has 2 nitrogen and oxygen atoms in total. The number of aromatic nitrogens is 2. The Morgan fingerprint density at radius 2 is 1.86 bits per heavy atom. The normalized spacial score (nSPS) is 10.1. The lowest BCUT2D eigenvalue weighted by Crippen LogP contribution is -1.91. The molecular formula is C12H12N2. The number of pyridine rings is 2. The van der Waals surface area contributed by atoms with Gasteiger partial charge in [-0.1, -0.05) is 6.07 Å². The predicted octanol–water partition coefficient (Wildman–Crippen LogP) is 2.38. The minimum atomic E-state index is 0.878. The Morgan fingerprint density at radius 1 is 1.07 bits per heavy atom. The summed E-state index contributed by atoms with van der Waals surface area (Å²) >= 11 is 0. The van der Waals surface area contributed by atoms with Gasteiger partial charge < -0.3 is 0 Å². The van der Waals surface area contributed by atoms with Crippen molar-refractivity contribution in [2.75, 3.05) is 0 Å². The first kappa shape index (κ1) is 8.88. The van der Waals surface area contributed by atoms with Crippen LogP contribution in [0.1, 0.15) is 16.8 Å². The van der Waals surface area contributed by atoms with E-state index in [0.717, 1.165) is 12.1 Å². The number of hydrogen-bond donors (Lipinski definition) is 0. The molecule has 2 heteroatoms. The Labute approximate surface area is 83.7 Å². The highest BCUT2D eigenvalue weighted by atomic mass is 14.7. The van der Waals surface area contributed by atoms with E-state index in [4.69, 9.17) is 0 Å². The molecule has 0 fully saturated rings. The summed E-state index contributed by atoms with van der Waals surface area (Å²) in [7, 11) is 0. The molecule has 0 aliphatic carbocycles.